The summed E-state index contributed by atoms with van der Waals surface area (Å²) in [6.07, 6.45) is -0.968. The molecule has 2 rings (SSSR count). The zero-order chi connectivity index (χ0) is 20.0. The lowest BCUT2D eigenvalue weighted by molar-refractivity contribution is -0.127. The summed E-state index contributed by atoms with van der Waals surface area (Å²) in [6, 6.07) is 9.10. The van der Waals surface area contributed by atoms with Crippen LogP contribution in [-0.2, 0) is 14.8 Å². The third-order valence-electron chi connectivity index (χ3n) is 3.20. The van der Waals surface area contributed by atoms with Crippen LogP contribution in [0, 0.1) is 0 Å². The fourth-order valence-electron chi connectivity index (χ4n) is 1.91. The summed E-state index contributed by atoms with van der Waals surface area (Å²) in [4.78, 5) is 17.3. The van der Waals surface area contributed by atoms with Gasteiger partial charge in [0.1, 0.15) is 21.5 Å². The standard InChI is InChI=1S/C16H17Cl2N3O5S/c1-3-25-11-4-6-12(7-5-11)26-10(2)16(22)20-21-27(23,24)13-8-9-14(17)19-15(13)18/h4-10,21H,3H2,1-2H3,(H,20,22). The topological polar surface area (TPSA) is 107 Å². The lowest BCUT2D eigenvalue weighted by Crippen LogP contribution is -2.47. The highest BCUT2D eigenvalue weighted by atomic mass is 35.5. The molecular weight excluding hydrogens is 417 g/mol. The minimum atomic E-state index is -4.13. The first-order chi connectivity index (χ1) is 12.7. The van der Waals surface area contributed by atoms with Gasteiger partial charge in [-0.1, -0.05) is 23.2 Å². The second-order valence-electron chi connectivity index (χ2n) is 5.18. The van der Waals surface area contributed by atoms with Gasteiger partial charge in [-0.05, 0) is 50.2 Å². The van der Waals surface area contributed by atoms with Crippen LogP contribution in [0.1, 0.15) is 13.8 Å². The number of benzene rings is 1. The van der Waals surface area contributed by atoms with E-state index in [4.69, 9.17) is 32.7 Å². The van der Waals surface area contributed by atoms with Crippen LogP contribution in [0.2, 0.25) is 10.3 Å². The van der Waals surface area contributed by atoms with E-state index in [0.29, 0.717) is 18.1 Å². The van der Waals surface area contributed by atoms with Crippen molar-refractivity contribution in [3.63, 3.8) is 0 Å². The number of nitrogens with one attached hydrogen (secondary N) is 2. The maximum atomic E-state index is 12.2. The first-order valence-corrected chi connectivity index (χ1v) is 10.00. The zero-order valence-corrected chi connectivity index (χ0v) is 16.7. The lowest BCUT2D eigenvalue weighted by atomic mass is 10.3. The average molecular weight is 434 g/mol. The number of rotatable bonds is 8. The van der Waals surface area contributed by atoms with Crippen LogP contribution < -0.4 is 19.7 Å². The number of hydrazine groups is 1. The molecule has 0 saturated heterocycles. The Hall–Kier alpha value is -2.07. The molecule has 1 amide bonds. The van der Waals surface area contributed by atoms with Gasteiger partial charge < -0.3 is 9.47 Å². The van der Waals surface area contributed by atoms with Crippen LogP contribution in [0.25, 0.3) is 0 Å². The maximum absolute atomic E-state index is 12.2. The van der Waals surface area contributed by atoms with Crippen LogP contribution >= 0.6 is 23.2 Å². The van der Waals surface area contributed by atoms with Crippen molar-refractivity contribution in [2.24, 2.45) is 0 Å². The van der Waals surface area contributed by atoms with Crippen LogP contribution in [0.15, 0.2) is 41.3 Å². The molecule has 1 heterocycles. The molecule has 11 heteroatoms. The number of sulfonamides is 1. The van der Waals surface area contributed by atoms with Crippen LogP contribution in [0.5, 0.6) is 11.5 Å². The second kappa shape index (κ2) is 9.23. The number of carbonyl (C=O) groups excluding carboxylic acids is 1. The monoisotopic (exact) mass is 433 g/mol. The Morgan fingerprint density at radius 2 is 1.78 bits per heavy atom. The number of hydrogen-bond donors (Lipinski definition) is 2. The molecule has 2 aromatic rings. The maximum Gasteiger partial charge on any atom is 0.275 e. The minimum Gasteiger partial charge on any atom is -0.494 e. The van der Waals surface area contributed by atoms with Crippen molar-refractivity contribution in [2.45, 2.75) is 24.8 Å². The first kappa shape index (κ1) is 21.2. The molecule has 27 heavy (non-hydrogen) atoms. The van der Waals surface area contributed by atoms with E-state index in [9.17, 15) is 13.2 Å². The van der Waals surface area contributed by atoms with Crippen molar-refractivity contribution in [3.8, 4) is 11.5 Å². The first-order valence-electron chi connectivity index (χ1n) is 7.76. The smallest absolute Gasteiger partial charge is 0.275 e. The van der Waals surface area contributed by atoms with E-state index >= 15 is 0 Å². The molecule has 0 fully saturated rings. The fourth-order valence-corrected chi connectivity index (χ4v) is 3.42. The SMILES string of the molecule is CCOc1ccc(OC(C)C(=O)NNS(=O)(=O)c2ccc(Cl)nc2Cl)cc1. The van der Waals surface area contributed by atoms with E-state index in [0.717, 1.165) is 0 Å². The number of nitrogens with zero attached hydrogens (tertiary/aromatic N) is 1. The molecule has 2 N–H and O–H groups in total. The molecule has 0 bridgehead atoms. The summed E-state index contributed by atoms with van der Waals surface area (Å²) in [6.45, 7) is 3.87. The van der Waals surface area contributed by atoms with Crippen molar-refractivity contribution in [1.82, 2.24) is 15.2 Å². The highest BCUT2D eigenvalue weighted by Crippen LogP contribution is 2.21. The normalized spacial score (nSPS) is 12.3. The van der Waals surface area contributed by atoms with Crippen LogP contribution in [0.3, 0.4) is 0 Å². The molecule has 0 aliphatic rings. The van der Waals surface area contributed by atoms with E-state index in [1.165, 1.54) is 19.1 Å². The van der Waals surface area contributed by atoms with Crippen molar-refractivity contribution in [3.05, 3.63) is 46.7 Å². The third kappa shape index (κ3) is 5.96. The van der Waals surface area contributed by atoms with E-state index in [2.05, 4.69) is 10.4 Å². The van der Waals surface area contributed by atoms with Crippen molar-refractivity contribution >= 4 is 39.1 Å². The third-order valence-corrected chi connectivity index (χ3v) is 5.09. The van der Waals surface area contributed by atoms with Gasteiger partial charge in [0.05, 0.1) is 6.61 Å². The molecule has 1 atom stereocenters. The zero-order valence-electron chi connectivity index (χ0n) is 14.4. The number of aromatic nitrogens is 1. The van der Waals surface area contributed by atoms with Crippen molar-refractivity contribution in [1.29, 1.82) is 0 Å². The van der Waals surface area contributed by atoms with Gasteiger partial charge >= 0.3 is 0 Å². The molecule has 0 spiro atoms. The molecule has 1 unspecified atom stereocenters. The van der Waals surface area contributed by atoms with Gasteiger partial charge in [0.2, 0.25) is 0 Å². The molecule has 1 aromatic heterocycles. The average Bonchev–Trinajstić information content (AvgIpc) is 2.61. The Bertz CT molecular complexity index is 907. The van der Waals surface area contributed by atoms with Gasteiger partial charge in [-0.15, -0.1) is 4.83 Å². The highest BCUT2D eigenvalue weighted by Gasteiger charge is 2.22. The molecule has 0 radical (unpaired) electrons. The predicted molar refractivity (Wildman–Crippen MR) is 100 cm³/mol. The highest BCUT2D eigenvalue weighted by molar-refractivity contribution is 7.89. The van der Waals surface area contributed by atoms with Crippen molar-refractivity contribution in [2.75, 3.05) is 6.61 Å². The quantitative estimate of drug-likeness (QED) is 0.489. The number of pyridine rings is 1. The van der Waals surface area contributed by atoms with E-state index in [1.54, 1.807) is 24.3 Å². The van der Waals surface area contributed by atoms with Gasteiger partial charge in [0, 0.05) is 0 Å². The van der Waals surface area contributed by atoms with Gasteiger partial charge in [-0.25, -0.2) is 13.4 Å². The van der Waals surface area contributed by atoms with Crippen LogP contribution in [-0.4, -0.2) is 32.0 Å². The van der Waals surface area contributed by atoms with Gasteiger partial charge in [0.25, 0.3) is 15.9 Å². The molecule has 0 aliphatic carbocycles. The van der Waals surface area contributed by atoms with Gasteiger partial charge in [0.15, 0.2) is 11.3 Å². The molecule has 0 aliphatic heterocycles. The van der Waals surface area contributed by atoms with Gasteiger partial charge in [-0.3, -0.25) is 10.2 Å². The molecule has 146 valence electrons. The summed E-state index contributed by atoms with van der Waals surface area (Å²) in [5, 5.41) is -0.275. The molecule has 0 saturated carbocycles. The number of ether oxygens (including phenoxy) is 2. The number of halogens is 2. The van der Waals surface area contributed by atoms with E-state index in [-0.39, 0.29) is 15.2 Å². The number of amides is 1. The summed E-state index contributed by atoms with van der Waals surface area (Å²) in [5.41, 5.74) is 2.07. The Balaban J connectivity index is 1.95. The van der Waals surface area contributed by atoms with E-state index in [1.807, 2.05) is 11.8 Å². The number of carbonyl (C=O) groups is 1. The van der Waals surface area contributed by atoms with Gasteiger partial charge in [-0.2, -0.15) is 0 Å². The Labute approximate surface area is 166 Å². The summed E-state index contributed by atoms with van der Waals surface area (Å²) >= 11 is 11.4. The van der Waals surface area contributed by atoms with E-state index < -0.39 is 22.0 Å². The summed E-state index contributed by atoms with van der Waals surface area (Å²) in [5.74, 6) is 0.391. The number of hydrogen-bond acceptors (Lipinski definition) is 6. The van der Waals surface area contributed by atoms with Crippen LogP contribution in [0.4, 0.5) is 0 Å². The molecular formula is C16H17Cl2N3O5S. The Morgan fingerprint density at radius 3 is 2.37 bits per heavy atom. The summed E-state index contributed by atoms with van der Waals surface area (Å²) in [7, 11) is -4.13. The summed E-state index contributed by atoms with van der Waals surface area (Å²) < 4.78 is 35.2. The Kier molecular flexibility index (Phi) is 7.25. The fraction of sp³-hybridized carbons (Fsp3) is 0.250. The minimum absolute atomic E-state index is 0.0420. The predicted octanol–water partition coefficient (Wildman–Crippen LogP) is 2.56. The lowest BCUT2D eigenvalue weighted by Gasteiger charge is -2.15. The Morgan fingerprint density at radius 1 is 1.15 bits per heavy atom. The largest absolute Gasteiger partial charge is 0.494 e. The van der Waals surface area contributed by atoms with Crippen molar-refractivity contribution < 1.29 is 22.7 Å². The molecule has 1 aromatic carbocycles. The second-order valence-corrected chi connectivity index (χ2v) is 7.58. The molecule has 8 nitrogen and oxygen atoms in total.